The van der Waals surface area contributed by atoms with E-state index in [4.69, 9.17) is 0 Å². The Morgan fingerprint density at radius 1 is 1.56 bits per heavy atom. The van der Waals surface area contributed by atoms with Gasteiger partial charge in [-0.15, -0.1) is 0 Å². The Morgan fingerprint density at radius 3 is 2.22 bits per heavy atom. The van der Waals surface area contributed by atoms with Gasteiger partial charge in [0, 0.05) is 6.42 Å². The van der Waals surface area contributed by atoms with Crippen molar-refractivity contribution in [2.45, 2.75) is 27.2 Å². The third-order valence-electron chi connectivity index (χ3n) is 1.15. The van der Waals surface area contributed by atoms with E-state index in [9.17, 15) is 4.79 Å². The molecular formula is C7H14NO+. The van der Waals surface area contributed by atoms with Gasteiger partial charge in [0.25, 0.3) is 0 Å². The van der Waals surface area contributed by atoms with E-state index in [0.717, 1.165) is 13.0 Å². The third-order valence-corrected chi connectivity index (χ3v) is 1.15. The van der Waals surface area contributed by atoms with Crippen LogP contribution < -0.4 is 0 Å². The lowest BCUT2D eigenvalue weighted by molar-refractivity contribution is -0.440. The zero-order valence-electron chi connectivity index (χ0n) is 6.35. The van der Waals surface area contributed by atoms with Gasteiger partial charge >= 0.3 is 5.91 Å². The molecule has 1 amide bonds. The van der Waals surface area contributed by atoms with Gasteiger partial charge in [-0.1, -0.05) is 6.92 Å². The summed E-state index contributed by atoms with van der Waals surface area (Å²) in [5.41, 5.74) is 0. The first-order valence-electron chi connectivity index (χ1n) is 3.32. The van der Waals surface area contributed by atoms with E-state index in [0.29, 0.717) is 0 Å². The van der Waals surface area contributed by atoms with Crippen molar-refractivity contribution >= 4 is 12.1 Å². The molecule has 0 saturated heterocycles. The number of hydrogen-bond donors (Lipinski definition) is 0. The van der Waals surface area contributed by atoms with Crippen LogP contribution in [-0.4, -0.2) is 23.2 Å². The summed E-state index contributed by atoms with van der Waals surface area (Å²) in [6, 6.07) is 0. The summed E-state index contributed by atoms with van der Waals surface area (Å²) in [5, 5.41) is 0. The number of carbonyl (C=O) groups is 1. The first-order chi connectivity index (χ1) is 4.22. The van der Waals surface area contributed by atoms with E-state index in [1.54, 1.807) is 11.5 Å². The molecule has 0 N–H and O–H groups in total. The van der Waals surface area contributed by atoms with Gasteiger partial charge in [0.15, 0.2) is 0 Å². The highest BCUT2D eigenvalue weighted by atomic mass is 16.2. The molecule has 0 aromatic carbocycles. The maximum Gasteiger partial charge on any atom is 0.383 e. The SMILES string of the molecule is CC(=O)[15N+](=C[13CH2][13CH3])[13CH2][13CH3]. The fourth-order valence-corrected chi connectivity index (χ4v) is 0.701. The molecule has 0 aromatic rings. The minimum atomic E-state index is 0.124. The van der Waals surface area contributed by atoms with Crippen LogP contribution in [0.3, 0.4) is 0 Å². The molecule has 52 valence electrons. The van der Waals surface area contributed by atoms with Crippen LogP contribution in [0.15, 0.2) is 0 Å². The Bertz CT molecular complexity index is 127. The molecule has 2 nitrogen and oxygen atoms in total. The minimum Gasteiger partial charge on any atom is -0.220 e. The molecule has 0 fully saturated rings. The number of amides is 1. The Labute approximate surface area is 56.2 Å². The molecule has 0 bridgehead atoms. The van der Waals surface area contributed by atoms with Crippen LogP contribution in [0.2, 0.25) is 0 Å². The molecule has 0 saturated carbocycles. The summed E-state index contributed by atoms with van der Waals surface area (Å²) in [6.45, 7) is 6.35. The van der Waals surface area contributed by atoms with Gasteiger partial charge in [-0.25, -0.2) is 4.79 Å². The fraction of sp³-hybridized carbons (Fsp3) is 0.714. The Kier molecular flexibility index (Phi) is 3.93. The van der Waals surface area contributed by atoms with Crippen LogP contribution in [0, 0.1) is 0 Å². The molecule has 0 rings (SSSR count). The van der Waals surface area contributed by atoms with Gasteiger partial charge in [0.05, 0.1) is 6.92 Å². The first kappa shape index (κ1) is 8.34. The van der Waals surface area contributed by atoms with Crippen LogP contribution in [0.4, 0.5) is 0 Å². The number of hydrogen-bond acceptors (Lipinski definition) is 1. The zero-order chi connectivity index (χ0) is 7.28. The highest BCUT2D eigenvalue weighted by Gasteiger charge is 2.04. The van der Waals surface area contributed by atoms with E-state index >= 15 is 0 Å². The predicted octanol–water partition coefficient (Wildman–Crippen LogP) is 1.05. The average molecular weight is 133 g/mol. The second kappa shape index (κ2) is 4.24. The molecular weight excluding hydrogens is 119 g/mol. The molecule has 0 aliphatic carbocycles. The standard InChI is InChI=1S/C7H14NO/c1-4-6-8(5-2)7(3)9/h6H,4-5H2,1-3H3/q+1/i1+1,2+1,4+1,5+1,8+1. The summed E-state index contributed by atoms with van der Waals surface area (Å²) in [4.78, 5) is 10.7. The van der Waals surface area contributed by atoms with Crippen molar-refractivity contribution in [2.24, 2.45) is 0 Å². The first-order valence-corrected chi connectivity index (χ1v) is 3.32. The second-order valence-electron chi connectivity index (χ2n) is 1.90. The lowest BCUT2D eigenvalue weighted by Crippen LogP contribution is -2.17. The van der Waals surface area contributed by atoms with Crippen molar-refractivity contribution in [1.82, 2.24) is 0 Å². The second-order valence-corrected chi connectivity index (χ2v) is 1.90. The molecule has 0 aromatic heterocycles. The molecule has 0 aliphatic heterocycles. The summed E-state index contributed by atoms with van der Waals surface area (Å²) in [7, 11) is 0. The van der Waals surface area contributed by atoms with Gasteiger partial charge in [-0.3, -0.25) is 0 Å². The maximum absolute atomic E-state index is 10.7. The van der Waals surface area contributed by atoms with Gasteiger partial charge in [0.2, 0.25) is 0 Å². The normalized spacial score (nSPS) is 11.7. The Morgan fingerprint density at radius 2 is 2.11 bits per heavy atom. The van der Waals surface area contributed by atoms with E-state index in [-0.39, 0.29) is 5.91 Å². The smallest absolute Gasteiger partial charge is 0.220 e. The highest BCUT2D eigenvalue weighted by molar-refractivity contribution is 5.69. The monoisotopic (exact) mass is 133 g/mol. The lowest BCUT2D eigenvalue weighted by atomic mass is 10.8. The summed E-state index contributed by atoms with van der Waals surface area (Å²) < 4.78 is 1.71. The summed E-state index contributed by atoms with van der Waals surface area (Å²) in [6.07, 6.45) is 2.83. The Balaban J connectivity index is 3.98. The Hall–Kier alpha value is -0.660. The quantitative estimate of drug-likeness (QED) is 0.238. The topological polar surface area (TPSA) is 20.1 Å². The minimum absolute atomic E-state index is 0.124. The fourth-order valence-electron chi connectivity index (χ4n) is 0.701. The molecule has 0 spiro atoms. The van der Waals surface area contributed by atoms with Crippen molar-refractivity contribution in [1.29, 1.82) is 0 Å². The molecule has 9 heavy (non-hydrogen) atoms. The molecule has 2 heteroatoms. The third kappa shape index (κ3) is 3.01. The summed E-state index contributed by atoms with van der Waals surface area (Å²) in [5.74, 6) is 0.124. The van der Waals surface area contributed by atoms with E-state index in [1.807, 2.05) is 20.1 Å². The van der Waals surface area contributed by atoms with E-state index in [1.165, 1.54) is 0 Å². The molecule has 0 aliphatic rings. The van der Waals surface area contributed by atoms with Crippen molar-refractivity contribution in [2.75, 3.05) is 6.54 Å². The van der Waals surface area contributed by atoms with E-state index in [2.05, 4.69) is 0 Å². The van der Waals surface area contributed by atoms with Gasteiger partial charge in [0.1, 0.15) is 12.8 Å². The van der Waals surface area contributed by atoms with E-state index < -0.39 is 0 Å². The zero-order valence-corrected chi connectivity index (χ0v) is 6.35. The maximum atomic E-state index is 10.7. The number of rotatable bonds is 2. The van der Waals surface area contributed by atoms with Gasteiger partial charge < -0.3 is 0 Å². The summed E-state index contributed by atoms with van der Waals surface area (Å²) >= 11 is 0. The van der Waals surface area contributed by atoms with Crippen LogP contribution in [0.1, 0.15) is 27.2 Å². The van der Waals surface area contributed by atoms with Crippen molar-refractivity contribution in [3.63, 3.8) is 0 Å². The van der Waals surface area contributed by atoms with Gasteiger partial charge in [-0.05, 0) is 6.92 Å². The molecule has 0 unspecified atom stereocenters. The molecule has 0 atom stereocenters. The highest BCUT2D eigenvalue weighted by Crippen LogP contribution is 1.76. The van der Waals surface area contributed by atoms with Crippen molar-refractivity contribution < 1.29 is 9.37 Å². The van der Waals surface area contributed by atoms with Crippen LogP contribution in [-0.2, 0) is 4.79 Å². The van der Waals surface area contributed by atoms with Crippen molar-refractivity contribution in [3.05, 3.63) is 0 Å². The number of carbonyl (C=O) groups excluding carboxylic acids is 1. The van der Waals surface area contributed by atoms with Crippen LogP contribution >= 0.6 is 0 Å². The average Bonchev–Trinajstić information content (AvgIpc) is 1.82. The van der Waals surface area contributed by atoms with Crippen LogP contribution in [0.5, 0.6) is 0 Å². The molecule has 0 radical (unpaired) electrons. The number of nitrogens with zero attached hydrogens (tertiary/aromatic N) is 1. The van der Waals surface area contributed by atoms with Crippen LogP contribution in [0.25, 0.3) is 0 Å². The van der Waals surface area contributed by atoms with Crippen molar-refractivity contribution in [3.8, 4) is 0 Å². The largest absolute Gasteiger partial charge is 0.383 e. The van der Waals surface area contributed by atoms with Gasteiger partial charge in [-0.2, -0.15) is 4.58 Å². The molecule has 0 heterocycles. The predicted molar refractivity (Wildman–Crippen MR) is 37.8 cm³/mol. The lowest BCUT2D eigenvalue weighted by Gasteiger charge is -1.89.